The van der Waals surface area contributed by atoms with Crippen molar-refractivity contribution < 1.29 is 9.18 Å². The number of carbonyl (C=O) groups is 1. The Bertz CT molecular complexity index is 502. The van der Waals surface area contributed by atoms with E-state index >= 15 is 0 Å². The maximum Gasteiger partial charge on any atom is 0.228 e. The highest BCUT2D eigenvalue weighted by Gasteiger charge is 2.26. The molecule has 3 nitrogen and oxygen atoms in total. The molecule has 1 heterocycles. The number of amides is 1. The number of benzene rings is 1. The Hall–Kier alpha value is -1.42. The SMILES string of the molecule is Cc1ccc(F)c(NC(=O)C2CCCN(CC(C)C)C2)c1. The second kappa shape index (κ2) is 7.03. The van der Waals surface area contributed by atoms with Crippen molar-refractivity contribution in [3.8, 4) is 0 Å². The number of rotatable bonds is 4. The molecule has 116 valence electrons. The van der Waals surface area contributed by atoms with Crippen LogP contribution in [-0.2, 0) is 4.79 Å². The summed E-state index contributed by atoms with van der Waals surface area (Å²) in [5.41, 5.74) is 1.23. The lowest BCUT2D eigenvalue weighted by atomic mass is 9.96. The summed E-state index contributed by atoms with van der Waals surface area (Å²) in [6, 6.07) is 4.79. The van der Waals surface area contributed by atoms with Crippen molar-refractivity contribution in [3.05, 3.63) is 29.6 Å². The predicted octanol–water partition coefficient (Wildman–Crippen LogP) is 3.44. The van der Waals surface area contributed by atoms with Crippen LogP contribution in [0.2, 0.25) is 0 Å². The van der Waals surface area contributed by atoms with Gasteiger partial charge in [-0.25, -0.2) is 4.39 Å². The number of nitrogens with one attached hydrogen (secondary N) is 1. The normalized spacial score (nSPS) is 19.8. The highest BCUT2D eigenvalue weighted by Crippen LogP contribution is 2.21. The molecular weight excluding hydrogens is 267 g/mol. The number of carbonyl (C=O) groups excluding carboxylic acids is 1. The zero-order valence-electron chi connectivity index (χ0n) is 13.2. The van der Waals surface area contributed by atoms with Gasteiger partial charge >= 0.3 is 0 Å². The van der Waals surface area contributed by atoms with E-state index in [9.17, 15) is 9.18 Å². The number of piperidine rings is 1. The fraction of sp³-hybridized carbons (Fsp3) is 0.588. The van der Waals surface area contributed by atoms with Gasteiger partial charge in [0, 0.05) is 13.1 Å². The summed E-state index contributed by atoms with van der Waals surface area (Å²) in [5, 5.41) is 2.75. The number of hydrogen-bond donors (Lipinski definition) is 1. The molecule has 1 aliphatic heterocycles. The Labute approximate surface area is 126 Å². The van der Waals surface area contributed by atoms with Crippen molar-refractivity contribution in [1.82, 2.24) is 4.90 Å². The number of halogens is 1. The van der Waals surface area contributed by atoms with Gasteiger partial charge in [0.05, 0.1) is 11.6 Å². The number of aryl methyl sites for hydroxylation is 1. The molecule has 1 aromatic rings. The highest BCUT2D eigenvalue weighted by molar-refractivity contribution is 5.93. The Morgan fingerprint density at radius 1 is 1.48 bits per heavy atom. The van der Waals surface area contributed by atoms with Gasteiger partial charge in [0.15, 0.2) is 0 Å². The molecule has 0 saturated carbocycles. The van der Waals surface area contributed by atoms with Crippen molar-refractivity contribution in [3.63, 3.8) is 0 Å². The van der Waals surface area contributed by atoms with Gasteiger partial charge in [-0.1, -0.05) is 19.9 Å². The Balaban J connectivity index is 1.98. The lowest BCUT2D eigenvalue weighted by molar-refractivity contribution is -0.121. The molecule has 0 aliphatic carbocycles. The summed E-state index contributed by atoms with van der Waals surface area (Å²) in [7, 11) is 0. The average molecular weight is 292 g/mol. The summed E-state index contributed by atoms with van der Waals surface area (Å²) in [4.78, 5) is 14.7. The number of anilines is 1. The van der Waals surface area contributed by atoms with Crippen molar-refractivity contribution >= 4 is 11.6 Å². The first-order chi connectivity index (χ1) is 9.95. The molecule has 1 aromatic carbocycles. The molecule has 1 N–H and O–H groups in total. The zero-order valence-corrected chi connectivity index (χ0v) is 13.2. The largest absolute Gasteiger partial charge is 0.323 e. The van der Waals surface area contributed by atoms with E-state index in [2.05, 4.69) is 24.1 Å². The lowest BCUT2D eigenvalue weighted by Gasteiger charge is -2.33. The minimum atomic E-state index is -0.371. The summed E-state index contributed by atoms with van der Waals surface area (Å²) >= 11 is 0. The van der Waals surface area contributed by atoms with Crippen LogP contribution in [0.25, 0.3) is 0 Å². The van der Waals surface area contributed by atoms with Crippen LogP contribution in [0.15, 0.2) is 18.2 Å². The van der Waals surface area contributed by atoms with Crippen molar-refractivity contribution in [1.29, 1.82) is 0 Å². The topological polar surface area (TPSA) is 32.3 Å². The minimum Gasteiger partial charge on any atom is -0.323 e. The molecule has 21 heavy (non-hydrogen) atoms. The monoisotopic (exact) mass is 292 g/mol. The standard InChI is InChI=1S/C17H25FN2O/c1-12(2)10-20-8-4-5-14(11-20)17(21)19-16-9-13(3)6-7-15(16)18/h6-7,9,12,14H,4-5,8,10-11H2,1-3H3,(H,19,21). The Morgan fingerprint density at radius 2 is 2.24 bits per heavy atom. The first-order valence-electron chi connectivity index (χ1n) is 7.75. The molecule has 1 amide bonds. The number of hydrogen-bond acceptors (Lipinski definition) is 2. The number of nitrogens with zero attached hydrogens (tertiary/aromatic N) is 1. The first-order valence-corrected chi connectivity index (χ1v) is 7.75. The second-order valence-electron chi connectivity index (χ2n) is 6.47. The van der Waals surface area contributed by atoms with E-state index in [-0.39, 0.29) is 17.6 Å². The van der Waals surface area contributed by atoms with Crippen LogP contribution < -0.4 is 5.32 Å². The molecule has 1 unspecified atom stereocenters. The fourth-order valence-corrected chi connectivity index (χ4v) is 2.92. The zero-order chi connectivity index (χ0) is 15.4. The fourth-order valence-electron chi connectivity index (χ4n) is 2.92. The van der Waals surface area contributed by atoms with Crippen LogP contribution in [0.5, 0.6) is 0 Å². The van der Waals surface area contributed by atoms with Gasteiger partial charge in [-0.2, -0.15) is 0 Å². The second-order valence-corrected chi connectivity index (χ2v) is 6.47. The maximum atomic E-state index is 13.7. The lowest BCUT2D eigenvalue weighted by Crippen LogP contribution is -2.42. The first kappa shape index (κ1) is 16.0. The van der Waals surface area contributed by atoms with E-state index in [1.54, 1.807) is 12.1 Å². The summed E-state index contributed by atoms with van der Waals surface area (Å²) in [6.45, 7) is 9.11. The molecule has 1 atom stereocenters. The third-order valence-electron chi connectivity index (χ3n) is 3.88. The molecule has 1 saturated heterocycles. The van der Waals surface area contributed by atoms with Gasteiger partial charge in [0.2, 0.25) is 5.91 Å². The van der Waals surface area contributed by atoms with E-state index in [4.69, 9.17) is 0 Å². The molecule has 2 rings (SSSR count). The highest BCUT2D eigenvalue weighted by atomic mass is 19.1. The maximum absolute atomic E-state index is 13.7. The molecule has 0 spiro atoms. The van der Waals surface area contributed by atoms with Crippen molar-refractivity contribution in [2.24, 2.45) is 11.8 Å². The third-order valence-corrected chi connectivity index (χ3v) is 3.88. The molecular formula is C17H25FN2O. The molecule has 0 bridgehead atoms. The summed E-state index contributed by atoms with van der Waals surface area (Å²) in [5.74, 6) is 0.121. The van der Waals surface area contributed by atoms with E-state index in [0.717, 1.165) is 38.0 Å². The van der Waals surface area contributed by atoms with Crippen LogP contribution in [-0.4, -0.2) is 30.4 Å². The molecule has 0 radical (unpaired) electrons. The van der Waals surface area contributed by atoms with E-state index < -0.39 is 0 Å². The third kappa shape index (κ3) is 4.53. The summed E-state index contributed by atoms with van der Waals surface area (Å²) < 4.78 is 13.7. The van der Waals surface area contributed by atoms with E-state index in [1.165, 1.54) is 6.07 Å². The van der Waals surface area contributed by atoms with E-state index in [0.29, 0.717) is 11.6 Å². The van der Waals surface area contributed by atoms with Crippen LogP contribution in [0.3, 0.4) is 0 Å². The van der Waals surface area contributed by atoms with Crippen molar-refractivity contribution in [2.45, 2.75) is 33.6 Å². The molecule has 4 heteroatoms. The van der Waals surface area contributed by atoms with Gasteiger partial charge in [-0.3, -0.25) is 4.79 Å². The van der Waals surface area contributed by atoms with Gasteiger partial charge in [-0.15, -0.1) is 0 Å². The van der Waals surface area contributed by atoms with Crippen LogP contribution in [0.4, 0.5) is 10.1 Å². The smallest absolute Gasteiger partial charge is 0.228 e. The van der Waals surface area contributed by atoms with Crippen LogP contribution in [0.1, 0.15) is 32.3 Å². The predicted molar refractivity (Wildman–Crippen MR) is 83.8 cm³/mol. The average Bonchev–Trinajstić information content (AvgIpc) is 2.42. The molecule has 1 aliphatic rings. The summed E-state index contributed by atoms with van der Waals surface area (Å²) in [6.07, 6.45) is 1.91. The van der Waals surface area contributed by atoms with Gasteiger partial charge in [0.25, 0.3) is 0 Å². The van der Waals surface area contributed by atoms with Gasteiger partial charge in [-0.05, 0) is 49.9 Å². The van der Waals surface area contributed by atoms with Crippen molar-refractivity contribution in [2.75, 3.05) is 25.0 Å². The Kier molecular flexibility index (Phi) is 5.34. The molecule has 1 fully saturated rings. The Morgan fingerprint density at radius 3 is 2.95 bits per heavy atom. The van der Waals surface area contributed by atoms with Gasteiger partial charge in [0.1, 0.15) is 5.82 Å². The van der Waals surface area contributed by atoms with Crippen LogP contribution in [0, 0.1) is 24.6 Å². The quantitative estimate of drug-likeness (QED) is 0.922. The molecule has 0 aromatic heterocycles. The minimum absolute atomic E-state index is 0.0441. The van der Waals surface area contributed by atoms with Crippen LogP contribution >= 0.6 is 0 Å². The van der Waals surface area contributed by atoms with Gasteiger partial charge < -0.3 is 10.2 Å². The number of likely N-dealkylation sites (tertiary alicyclic amines) is 1. The van der Waals surface area contributed by atoms with E-state index in [1.807, 2.05) is 6.92 Å².